The molecule has 0 aliphatic rings. The first-order chi connectivity index (χ1) is 7.75. The van der Waals surface area contributed by atoms with Gasteiger partial charge < -0.3 is 4.55 Å². The first kappa shape index (κ1) is 16.9. The van der Waals surface area contributed by atoms with Crippen LogP contribution in [0.15, 0.2) is 5.11 Å². The van der Waals surface area contributed by atoms with Crippen LogP contribution < -0.4 is 0 Å². The van der Waals surface area contributed by atoms with Gasteiger partial charge in [-0.2, -0.15) is 30.7 Å². The van der Waals surface area contributed by atoms with Crippen molar-refractivity contribution in [3.05, 3.63) is 10.4 Å². The molecule has 0 spiro atoms. The molecule has 1 N–H and O–H groups in total. The van der Waals surface area contributed by atoms with E-state index >= 15 is 0 Å². The van der Waals surface area contributed by atoms with Gasteiger partial charge in [-0.15, -0.1) is 0 Å². The normalized spacial score (nSPS) is 18.7. The first-order valence-electron chi connectivity index (χ1n) is 3.44. The van der Waals surface area contributed by atoms with E-state index in [-0.39, 0.29) is 0 Å². The van der Waals surface area contributed by atoms with Crippen molar-refractivity contribution in [2.24, 2.45) is 5.11 Å². The molecule has 2 atom stereocenters. The lowest BCUT2D eigenvalue weighted by Crippen LogP contribution is -2.62. The molecule has 0 aliphatic heterocycles. The molecule has 0 aromatic heterocycles. The van der Waals surface area contributed by atoms with Crippen LogP contribution in [0.1, 0.15) is 0 Å². The Labute approximate surface area is 94.7 Å². The van der Waals surface area contributed by atoms with E-state index in [1.165, 1.54) is 10.0 Å². The van der Waals surface area contributed by atoms with Crippen LogP contribution in [-0.4, -0.2) is 31.9 Å². The molecule has 0 bridgehead atoms. The Hall–Kier alpha value is -1.14. The molecule has 106 valence electrons. The van der Waals surface area contributed by atoms with Crippen LogP contribution in [0, 0.1) is 0 Å². The highest BCUT2D eigenvalue weighted by Gasteiger charge is 2.82. The van der Waals surface area contributed by atoms with Gasteiger partial charge in [0.15, 0.2) is 0 Å². The van der Waals surface area contributed by atoms with Gasteiger partial charge in [-0.25, -0.2) is 8.60 Å². The van der Waals surface area contributed by atoms with E-state index in [4.69, 9.17) is 10.1 Å². The predicted octanol–water partition coefficient (Wildman–Crippen LogP) is 2.97. The summed E-state index contributed by atoms with van der Waals surface area (Å²) in [6.45, 7) is 0. The predicted molar refractivity (Wildman–Crippen MR) is 39.7 cm³/mol. The van der Waals surface area contributed by atoms with Gasteiger partial charge in [0.25, 0.3) is 0 Å². The minimum absolute atomic E-state index is 1.21. The lowest BCUT2D eigenvalue weighted by molar-refractivity contribution is -0.370. The molecular weight excluding hydrogens is 306 g/mol. The third-order valence-electron chi connectivity index (χ3n) is 1.54. The minimum atomic E-state index is -7.03. The summed E-state index contributed by atoms with van der Waals surface area (Å²) in [6.07, 6.45) is -6.93. The number of nitrogens with zero attached hydrogens (tertiary/aromatic N) is 3. The standard InChI is InChI=1S/C4HF8N3O2S/c5-1(6,3(9,10)11)2(7,8)4(12,14-15-13)18(16)17/h(H,16,17). The molecule has 0 fully saturated rings. The fraction of sp³-hybridized carbons (Fsp3) is 1.00. The molecule has 5 nitrogen and oxygen atoms in total. The second-order valence-electron chi connectivity index (χ2n) is 2.65. The molecule has 0 saturated heterocycles. The van der Waals surface area contributed by atoms with Gasteiger partial charge in [-0.1, -0.05) is 0 Å². The molecule has 0 radical (unpaired) electrons. The van der Waals surface area contributed by atoms with Crippen molar-refractivity contribution in [2.75, 3.05) is 0 Å². The molecule has 14 heteroatoms. The quantitative estimate of drug-likeness (QED) is 0.216. The molecule has 0 heterocycles. The molecule has 0 rings (SSSR count). The van der Waals surface area contributed by atoms with Crippen molar-refractivity contribution in [1.82, 2.24) is 0 Å². The maximum absolute atomic E-state index is 13.0. The van der Waals surface area contributed by atoms with Crippen LogP contribution in [-0.2, 0) is 11.1 Å². The van der Waals surface area contributed by atoms with E-state index in [1.54, 1.807) is 0 Å². The summed E-state index contributed by atoms with van der Waals surface area (Å²) in [5.41, 5.74) is 7.60. The van der Waals surface area contributed by atoms with Gasteiger partial charge in [0.1, 0.15) is 0 Å². The van der Waals surface area contributed by atoms with Gasteiger partial charge in [0, 0.05) is 4.91 Å². The fourth-order valence-corrected chi connectivity index (χ4v) is 1.09. The molecule has 0 aromatic rings. The number of hydrogen-bond acceptors (Lipinski definition) is 2. The SMILES string of the molecule is [N-]=[N+]=NC(F)(S(=O)O)C(F)(F)C(F)(F)C(F)(F)F. The van der Waals surface area contributed by atoms with Crippen molar-refractivity contribution in [2.45, 2.75) is 23.1 Å². The monoisotopic (exact) mass is 307 g/mol. The summed E-state index contributed by atoms with van der Waals surface area (Å²) in [5.74, 6) is -13.8. The summed E-state index contributed by atoms with van der Waals surface area (Å²) in [5, 5.41) is -4.44. The Morgan fingerprint density at radius 3 is 1.61 bits per heavy atom. The molecule has 2 unspecified atom stereocenters. The number of rotatable bonds is 4. The van der Waals surface area contributed by atoms with Crippen LogP contribution in [0.2, 0.25) is 0 Å². The number of alkyl halides is 8. The molecule has 0 aromatic carbocycles. The van der Waals surface area contributed by atoms with Gasteiger partial charge >= 0.3 is 23.1 Å². The Morgan fingerprint density at radius 1 is 1.00 bits per heavy atom. The van der Waals surface area contributed by atoms with E-state index in [0.29, 0.717) is 0 Å². The average molecular weight is 307 g/mol. The van der Waals surface area contributed by atoms with E-state index in [1.807, 2.05) is 0 Å². The highest BCUT2D eigenvalue weighted by atomic mass is 32.2. The first-order valence-corrected chi connectivity index (χ1v) is 4.55. The molecular formula is C4HF8N3O2S. The van der Waals surface area contributed by atoms with Crippen LogP contribution >= 0.6 is 0 Å². The zero-order valence-corrected chi connectivity index (χ0v) is 8.45. The maximum atomic E-state index is 13.0. The average Bonchev–Trinajstić information content (AvgIpc) is 2.15. The van der Waals surface area contributed by atoms with Crippen molar-refractivity contribution >= 4 is 11.1 Å². The van der Waals surface area contributed by atoms with Gasteiger partial charge in [0.05, 0.1) is 0 Å². The van der Waals surface area contributed by atoms with E-state index in [0.717, 1.165) is 0 Å². The van der Waals surface area contributed by atoms with Crippen LogP contribution in [0.25, 0.3) is 10.4 Å². The lowest BCUT2D eigenvalue weighted by Gasteiger charge is -2.33. The Bertz CT molecular complexity index is 400. The summed E-state index contributed by atoms with van der Waals surface area (Å²) >= 11 is -4.64. The molecule has 18 heavy (non-hydrogen) atoms. The van der Waals surface area contributed by atoms with Crippen LogP contribution in [0.3, 0.4) is 0 Å². The summed E-state index contributed by atoms with van der Waals surface area (Å²) in [4.78, 5) is 1.21. The van der Waals surface area contributed by atoms with Crippen LogP contribution in [0.4, 0.5) is 35.1 Å². The smallest absolute Gasteiger partial charge is 0.303 e. The molecule has 0 amide bonds. The zero-order chi connectivity index (χ0) is 15.0. The van der Waals surface area contributed by atoms with Crippen molar-refractivity contribution in [1.29, 1.82) is 0 Å². The minimum Gasteiger partial charge on any atom is -0.303 e. The van der Waals surface area contributed by atoms with E-state index in [9.17, 15) is 39.3 Å². The largest absolute Gasteiger partial charge is 0.460 e. The Morgan fingerprint density at radius 2 is 1.39 bits per heavy atom. The Kier molecular flexibility index (Phi) is 4.23. The lowest BCUT2D eigenvalue weighted by atomic mass is 10.1. The number of hydrogen-bond donors (Lipinski definition) is 1. The van der Waals surface area contributed by atoms with Crippen LogP contribution in [0.5, 0.6) is 0 Å². The zero-order valence-electron chi connectivity index (χ0n) is 7.63. The van der Waals surface area contributed by atoms with Crippen molar-refractivity contribution in [3.8, 4) is 0 Å². The topological polar surface area (TPSA) is 86.1 Å². The molecule has 0 aliphatic carbocycles. The Balaban J connectivity index is 6.04. The summed E-state index contributed by atoms with van der Waals surface area (Å²) < 4.78 is 116. The van der Waals surface area contributed by atoms with E-state index < -0.39 is 34.2 Å². The third-order valence-corrected chi connectivity index (χ3v) is 2.34. The second-order valence-corrected chi connectivity index (χ2v) is 3.69. The van der Waals surface area contributed by atoms with Crippen molar-refractivity contribution < 1.29 is 43.9 Å². The second kappa shape index (κ2) is 4.51. The third kappa shape index (κ3) is 2.22. The number of azide groups is 1. The van der Waals surface area contributed by atoms with Gasteiger partial charge in [-0.3, -0.25) is 0 Å². The van der Waals surface area contributed by atoms with Gasteiger partial charge in [0.2, 0.25) is 11.1 Å². The number of halogens is 8. The highest BCUT2D eigenvalue weighted by molar-refractivity contribution is 7.80. The maximum Gasteiger partial charge on any atom is 0.460 e. The summed E-state index contributed by atoms with van der Waals surface area (Å²) in [6, 6.07) is 0. The highest BCUT2D eigenvalue weighted by Crippen LogP contribution is 2.53. The van der Waals surface area contributed by atoms with Crippen molar-refractivity contribution in [3.63, 3.8) is 0 Å². The molecule has 0 saturated carbocycles. The van der Waals surface area contributed by atoms with E-state index in [2.05, 4.69) is 0 Å². The van der Waals surface area contributed by atoms with Gasteiger partial charge in [-0.05, 0) is 10.6 Å². The fourth-order valence-electron chi connectivity index (χ4n) is 0.637. The summed E-state index contributed by atoms with van der Waals surface area (Å²) in [7, 11) is 0.